The van der Waals surface area contributed by atoms with E-state index in [1.54, 1.807) is 18.4 Å². The van der Waals surface area contributed by atoms with Gasteiger partial charge in [0.25, 0.3) is 0 Å². The predicted octanol–water partition coefficient (Wildman–Crippen LogP) is 4.88. The molecule has 1 aromatic heterocycles. The molecule has 0 bridgehead atoms. The molecule has 1 N–H and O–H groups in total. The third-order valence-electron chi connectivity index (χ3n) is 4.72. The van der Waals surface area contributed by atoms with E-state index in [0.717, 1.165) is 22.6 Å². The standard InChI is InChI=1S/C20H15ClN2O3/c21-13-6-7-18-15(10-13)17-11-16(12-3-1-4-14(24)9-12)22-23(17)20(26-18)19-5-2-8-25-19/h1-10,17,20,24H,11H2/t17-,20+/m0/s1. The molecule has 2 aliphatic heterocycles. The zero-order chi connectivity index (χ0) is 17.7. The van der Waals surface area contributed by atoms with Crippen LogP contribution in [0.2, 0.25) is 5.02 Å². The zero-order valence-electron chi connectivity index (χ0n) is 13.7. The lowest BCUT2D eigenvalue weighted by molar-refractivity contribution is -0.0325. The van der Waals surface area contributed by atoms with E-state index in [-0.39, 0.29) is 11.8 Å². The van der Waals surface area contributed by atoms with Gasteiger partial charge in [-0.05, 0) is 42.5 Å². The molecule has 2 atom stereocenters. The molecular weight excluding hydrogens is 352 g/mol. The van der Waals surface area contributed by atoms with Crippen molar-refractivity contribution < 1.29 is 14.3 Å². The number of nitrogens with zero attached hydrogens (tertiary/aromatic N) is 2. The van der Waals surface area contributed by atoms with Crippen LogP contribution in [0.5, 0.6) is 11.5 Å². The minimum Gasteiger partial charge on any atom is -0.508 e. The summed E-state index contributed by atoms with van der Waals surface area (Å²) >= 11 is 6.21. The zero-order valence-corrected chi connectivity index (χ0v) is 14.4. The number of aromatic hydroxyl groups is 1. The summed E-state index contributed by atoms with van der Waals surface area (Å²) < 4.78 is 11.7. The van der Waals surface area contributed by atoms with Gasteiger partial charge in [0.05, 0.1) is 18.0 Å². The highest BCUT2D eigenvalue weighted by Gasteiger charge is 2.42. The van der Waals surface area contributed by atoms with Crippen molar-refractivity contribution in [1.29, 1.82) is 0 Å². The van der Waals surface area contributed by atoms with Gasteiger partial charge in [0.15, 0.2) is 5.76 Å². The number of phenolic OH excluding ortho intramolecular Hbond substituents is 1. The van der Waals surface area contributed by atoms with E-state index in [1.165, 1.54) is 0 Å². The normalized spacial score (nSPS) is 21.0. The summed E-state index contributed by atoms with van der Waals surface area (Å²) in [6, 6.07) is 16.5. The first-order chi connectivity index (χ1) is 12.7. The number of benzene rings is 2. The van der Waals surface area contributed by atoms with Crippen molar-refractivity contribution in [3.05, 3.63) is 82.8 Å². The molecule has 2 aliphatic rings. The summed E-state index contributed by atoms with van der Waals surface area (Å²) in [5, 5.41) is 17.2. The van der Waals surface area contributed by atoms with Crippen LogP contribution in [0, 0.1) is 0 Å². The smallest absolute Gasteiger partial charge is 0.246 e. The van der Waals surface area contributed by atoms with Crippen molar-refractivity contribution in [3.8, 4) is 11.5 Å². The second kappa shape index (κ2) is 5.81. The number of rotatable bonds is 2. The number of phenols is 1. The minimum atomic E-state index is -0.446. The Labute approximate surface area is 155 Å². The molecular formula is C20H15ClN2O3. The third-order valence-corrected chi connectivity index (χ3v) is 4.95. The lowest BCUT2D eigenvalue weighted by Gasteiger charge is -2.36. The van der Waals surface area contributed by atoms with Crippen LogP contribution < -0.4 is 4.74 Å². The lowest BCUT2D eigenvalue weighted by Crippen LogP contribution is -2.33. The maximum Gasteiger partial charge on any atom is 0.246 e. The van der Waals surface area contributed by atoms with E-state index in [9.17, 15) is 5.11 Å². The van der Waals surface area contributed by atoms with E-state index in [4.69, 9.17) is 25.9 Å². The number of hydrazone groups is 1. The molecule has 6 heteroatoms. The van der Waals surface area contributed by atoms with Crippen LogP contribution in [0.1, 0.15) is 35.6 Å². The van der Waals surface area contributed by atoms with Crippen LogP contribution >= 0.6 is 11.6 Å². The van der Waals surface area contributed by atoms with Crippen LogP contribution in [-0.2, 0) is 0 Å². The van der Waals surface area contributed by atoms with Gasteiger partial charge in [-0.25, -0.2) is 5.01 Å². The van der Waals surface area contributed by atoms with Crippen LogP contribution in [0.15, 0.2) is 70.4 Å². The summed E-state index contributed by atoms with van der Waals surface area (Å²) in [6.45, 7) is 0. The molecule has 2 aromatic carbocycles. The highest BCUT2D eigenvalue weighted by atomic mass is 35.5. The number of hydrogen-bond donors (Lipinski definition) is 1. The van der Waals surface area contributed by atoms with Crippen LogP contribution in [-0.4, -0.2) is 15.8 Å². The Bertz CT molecular complexity index is 1000. The molecule has 26 heavy (non-hydrogen) atoms. The Morgan fingerprint density at radius 2 is 2.04 bits per heavy atom. The first-order valence-electron chi connectivity index (χ1n) is 8.34. The molecule has 0 unspecified atom stereocenters. The molecule has 0 saturated heterocycles. The molecule has 0 spiro atoms. The summed E-state index contributed by atoms with van der Waals surface area (Å²) in [5.74, 6) is 1.69. The first kappa shape index (κ1) is 15.3. The SMILES string of the molecule is Oc1cccc(C2=NN3[C@@H](c4ccco4)Oc4ccc(Cl)cc4[C@@H]3C2)c1. The fourth-order valence-electron chi connectivity index (χ4n) is 3.54. The first-order valence-corrected chi connectivity index (χ1v) is 8.71. The highest BCUT2D eigenvalue weighted by molar-refractivity contribution is 6.30. The summed E-state index contributed by atoms with van der Waals surface area (Å²) in [6.07, 6.45) is 1.87. The van der Waals surface area contributed by atoms with Gasteiger partial charge in [-0.3, -0.25) is 0 Å². The number of halogens is 1. The van der Waals surface area contributed by atoms with Gasteiger partial charge < -0.3 is 14.3 Å². The van der Waals surface area contributed by atoms with Gasteiger partial charge in [0.1, 0.15) is 11.5 Å². The van der Waals surface area contributed by atoms with Crippen molar-refractivity contribution in [2.24, 2.45) is 5.10 Å². The minimum absolute atomic E-state index is 0.00935. The molecule has 3 aromatic rings. The largest absolute Gasteiger partial charge is 0.508 e. The Morgan fingerprint density at radius 1 is 1.12 bits per heavy atom. The summed E-state index contributed by atoms with van der Waals surface area (Å²) in [5.41, 5.74) is 2.78. The van der Waals surface area contributed by atoms with Gasteiger partial charge in [-0.2, -0.15) is 5.10 Å². The summed E-state index contributed by atoms with van der Waals surface area (Å²) in [4.78, 5) is 0. The second-order valence-electron chi connectivity index (χ2n) is 6.36. The van der Waals surface area contributed by atoms with E-state index >= 15 is 0 Å². The van der Waals surface area contributed by atoms with E-state index in [2.05, 4.69) is 0 Å². The fraction of sp³-hybridized carbons (Fsp3) is 0.150. The summed E-state index contributed by atoms with van der Waals surface area (Å²) in [7, 11) is 0. The Kier molecular flexibility index (Phi) is 3.43. The van der Waals surface area contributed by atoms with Gasteiger partial charge in [-0.15, -0.1) is 0 Å². The van der Waals surface area contributed by atoms with Crippen LogP contribution in [0.4, 0.5) is 0 Å². The molecule has 0 saturated carbocycles. The van der Waals surface area contributed by atoms with Crippen LogP contribution in [0.3, 0.4) is 0 Å². The van der Waals surface area contributed by atoms with Crippen LogP contribution in [0.25, 0.3) is 0 Å². The average molecular weight is 367 g/mol. The number of ether oxygens (including phenoxy) is 1. The average Bonchev–Trinajstić information content (AvgIpc) is 3.31. The number of fused-ring (bicyclic) bond motifs is 3. The molecule has 5 nitrogen and oxygen atoms in total. The van der Waals surface area contributed by atoms with Crippen molar-refractivity contribution in [1.82, 2.24) is 5.01 Å². The molecule has 0 aliphatic carbocycles. The molecule has 5 rings (SSSR count). The topological polar surface area (TPSA) is 58.2 Å². The van der Waals surface area contributed by atoms with Gasteiger partial charge in [0.2, 0.25) is 6.23 Å². The number of furan rings is 1. The molecule has 3 heterocycles. The second-order valence-corrected chi connectivity index (χ2v) is 6.80. The molecule has 130 valence electrons. The van der Waals surface area contributed by atoms with E-state index in [0.29, 0.717) is 17.2 Å². The highest BCUT2D eigenvalue weighted by Crippen LogP contribution is 2.48. The van der Waals surface area contributed by atoms with Crippen molar-refractivity contribution >= 4 is 17.3 Å². The lowest BCUT2D eigenvalue weighted by atomic mass is 9.96. The maximum absolute atomic E-state index is 9.80. The Hall–Kier alpha value is -2.92. The quantitative estimate of drug-likeness (QED) is 0.702. The van der Waals surface area contributed by atoms with Crippen molar-refractivity contribution in [2.75, 3.05) is 0 Å². The van der Waals surface area contributed by atoms with Crippen molar-refractivity contribution in [2.45, 2.75) is 18.7 Å². The van der Waals surface area contributed by atoms with Crippen molar-refractivity contribution in [3.63, 3.8) is 0 Å². The molecule has 0 radical (unpaired) electrons. The number of hydrogen-bond acceptors (Lipinski definition) is 5. The van der Waals surface area contributed by atoms with Gasteiger partial charge in [0, 0.05) is 22.6 Å². The Balaban J connectivity index is 1.61. The fourth-order valence-corrected chi connectivity index (χ4v) is 3.72. The van der Waals surface area contributed by atoms with Gasteiger partial charge >= 0.3 is 0 Å². The predicted molar refractivity (Wildman–Crippen MR) is 97.4 cm³/mol. The van der Waals surface area contributed by atoms with E-state index < -0.39 is 6.23 Å². The molecule has 0 amide bonds. The Morgan fingerprint density at radius 3 is 2.85 bits per heavy atom. The van der Waals surface area contributed by atoms with Gasteiger partial charge in [-0.1, -0.05) is 23.7 Å². The maximum atomic E-state index is 9.80. The molecule has 0 fully saturated rings. The third kappa shape index (κ3) is 2.44. The monoisotopic (exact) mass is 366 g/mol. The van der Waals surface area contributed by atoms with E-state index in [1.807, 2.05) is 47.5 Å².